The summed E-state index contributed by atoms with van der Waals surface area (Å²) in [5.74, 6) is 3.45. The topological polar surface area (TPSA) is 0 Å². The van der Waals surface area contributed by atoms with Gasteiger partial charge in [0.05, 0.1) is 0 Å². The van der Waals surface area contributed by atoms with Crippen molar-refractivity contribution in [3.05, 3.63) is 0 Å². The van der Waals surface area contributed by atoms with Gasteiger partial charge in [0.1, 0.15) is 18.5 Å². The minimum atomic E-state index is -1.24. The highest BCUT2D eigenvalue weighted by molar-refractivity contribution is 4.93. The molecule has 36 heavy (non-hydrogen) atoms. The van der Waals surface area contributed by atoms with Crippen LogP contribution in [0.25, 0.3) is 0 Å². The van der Waals surface area contributed by atoms with E-state index in [1.165, 1.54) is 70.6 Å². The molecule has 210 valence electrons. The standard InChI is InChI=1S/C33H57F3/c1-3-5-6-7-27-18-19-29(22-31(27)34)25-13-10-24(11-14-25)12-17-28-20-21-30(33(36)32(28)35)26-15-8-23(4-2)9-16-26/h23-33H,3-22H2,1-2H3. The van der Waals surface area contributed by atoms with E-state index in [-0.39, 0.29) is 11.8 Å². The molecular weight excluding hydrogens is 453 g/mol. The Morgan fingerprint density at radius 3 is 1.83 bits per heavy atom. The Balaban J connectivity index is 1.13. The number of alkyl halides is 3. The fourth-order valence-corrected chi connectivity index (χ4v) is 9.06. The molecule has 0 heterocycles. The Hall–Kier alpha value is -0.210. The quantitative estimate of drug-likeness (QED) is 0.256. The van der Waals surface area contributed by atoms with Crippen LogP contribution in [0.4, 0.5) is 13.2 Å². The van der Waals surface area contributed by atoms with E-state index in [2.05, 4.69) is 13.8 Å². The van der Waals surface area contributed by atoms with Crippen molar-refractivity contribution < 1.29 is 13.2 Å². The minimum absolute atomic E-state index is 0.0226. The number of hydrogen-bond acceptors (Lipinski definition) is 0. The van der Waals surface area contributed by atoms with Crippen LogP contribution in [-0.4, -0.2) is 18.5 Å². The molecule has 4 aliphatic rings. The molecule has 0 saturated heterocycles. The lowest BCUT2D eigenvalue weighted by molar-refractivity contribution is -0.0162. The summed E-state index contributed by atoms with van der Waals surface area (Å²) in [5, 5.41) is 0. The van der Waals surface area contributed by atoms with Gasteiger partial charge in [0.15, 0.2) is 0 Å². The average molecular weight is 511 g/mol. The predicted molar refractivity (Wildman–Crippen MR) is 146 cm³/mol. The first-order chi connectivity index (χ1) is 17.5. The Morgan fingerprint density at radius 1 is 0.528 bits per heavy atom. The highest BCUT2D eigenvalue weighted by Gasteiger charge is 2.44. The van der Waals surface area contributed by atoms with Crippen LogP contribution >= 0.6 is 0 Å². The van der Waals surface area contributed by atoms with Gasteiger partial charge in [-0.2, -0.15) is 0 Å². The third kappa shape index (κ3) is 7.46. The smallest absolute Gasteiger partial charge is 0.134 e. The first-order valence-corrected chi connectivity index (χ1v) is 16.4. The van der Waals surface area contributed by atoms with E-state index in [0.29, 0.717) is 29.6 Å². The molecular formula is C33H57F3. The van der Waals surface area contributed by atoms with Crippen LogP contribution in [-0.2, 0) is 0 Å². The Morgan fingerprint density at radius 2 is 1.17 bits per heavy atom. The molecule has 0 radical (unpaired) electrons. The molecule has 0 aromatic carbocycles. The van der Waals surface area contributed by atoms with Crippen LogP contribution in [0.1, 0.15) is 142 Å². The van der Waals surface area contributed by atoms with Gasteiger partial charge in [-0.1, -0.05) is 71.6 Å². The fraction of sp³-hybridized carbons (Fsp3) is 1.00. The van der Waals surface area contributed by atoms with Crippen molar-refractivity contribution in [2.45, 2.75) is 161 Å². The third-order valence-corrected chi connectivity index (χ3v) is 11.7. The lowest BCUT2D eigenvalue weighted by Gasteiger charge is -2.42. The summed E-state index contributed by atoms with van der Waals surface area (Å²) >= 11 is 0. The van der Waals surface area contributed by atoms with Gasteiger partial charge in [-0.25, -0.2) is 13.2 Å². The maximum absolute atomic E-state index is 15.2. The second-order valence-electron chi connectivity index (χ2n) is 13.8. The fourth-order valence-electron chi connectivity index (χ4n) is 9.06. The largest absolute Gasteiger partial charge is 0.247 e. The van der Waals surface area contributed by atoms with Crippen molar-refractivity contribution in [1.82, 2.24) is 0 Å². The van der Waals surface area contributed by atoms with Crippen molar-refractivity contribution in [2.75, 3.05) is 0 Å². The normalized spacial score (nSPS) is 44.4. The molecule has 3 heteroatoms. The Bertz CT molecular complexity index is 606. The maximum atomic E-state index is 15.2. The molecule has 0 nitrogen and oxygen atoms in total. The SMILES string of the molecule is CCCCCC1CCC(C2CCC(CCC3CCC(C4CCC(CC)CC4)C(F)C3F)CC2)CC1F. The number of rotatable bonds is 10. The van der Waals surface area contributed by atoms with Crippen molar-refractivity contribution in [3.63, 3.8) is 0 Å². The number of hydrogen-bond donors (Lipinski definition) is 0. The summed E-state index contributed by atoms with van der Waals surface area (Å²) in [6.07, 6.45) is 19.4. The highest BCUT2D eigenvalue weighted by atomic mass is 19.2. The predicted octanol–water partition coefficient (Wildman–Crippen LogP) is 10.8. The first-order valence-electron chi connectivity index (χ1n) is 16.4. The summed E-state index contributed by atoms with van der Waals surface area (Å²) in [4.78, 5) is 0. The van der Waals surface area contributed by atoms with Crippen molar-refractivity contribution in [1.29, 1.82) is 0 Å². The molecule has 4 saturated carbocycles. The van der Waals surface area contributed by atoms with Gasteiger partial charge >= 0.3 is 0 Å². The molecule has 0 amide bonds. The van der Waals surface area contributed by atoms with E-state index >= 15 is 8.78 Å². The summed E-state index contributed by atoms with van der Waals surface area (Å²) in [5.41, 5.74) is 0. The van der Waals surface area contributed by atoms with E-state index in [0.717, 1.165) is 63.7 Å². The van der Waals surface area contributed by atoms with E-state index in [1.54, 1.807) is 0 Å². The van der Waals surface area contributed by atoms with Crippen LogP contribution in [0.2, 0.25) is 0 Å². The summed E-state index contributed by atoms with van der Waals surface area (Å²) < 4.78 is 45.3. The summed E-state index contributed by atoms with van der Waals surface area (Å²) in [7, 11) is 0. The lowest BCUT2D eigenvalue weighted by atomic mass is 9.65. The molecule has 0 aromatic heterocycles. The molecule has 7 atom stereocenters. The van der Waals surface area contributed by atoms with Crippen molar-refractivity contribution >= 4 is 0 Å². The molecule has 0 aliphatic heterocycles. The number of halogens is 3. The lowest BCUT2D eigenvalue weighted by Crippen LogP contribution is -2.42. The Labute approximate surface area is 221 Å². The van der Waals surface area contributed by atoms with Crippen LogP contribution < -0.4 is 0 Å². The van der Waals surface area contributed by atoms with Gasteiger partial charge in [-0.15, -0.1) is 0 Å². The van der Waals surface area contributed by atoms with Crippen molar-refractivity contribution in [2.24, 2.45) is 47.3 Å². The number of unbranched alkanes of at least 4 members (excludes halogenated alkanes) is 2. The zero-order valence-corrected chi connectivity index (χ0v) is 23.6. The van der Waals surface area contributed by atoms with Gasteiger partial charge in [0.25, 0.3) is 0 Å². The van der Waals surface area contributed by atoms with E-state index < -0.39 is 18.5 Å². The first kappa shape index (κ1) is 28.8. The van der Waals surface area contributed by atoms with Gasteiger partial charge in [0, 0.05) is 0 Å². The Kier molecular flexibility index (Phi) is 11.4. The van der Waals surface area contributed by atoms with Gasteiger partial charge in [-0.05, 0) is 118 Å². The summed E-state index contributed by atoms with van der Waals surface area (Å²) in [6, 6.07) is 0. The molecule has 0 spiro atoms. The molecule has 0 aromatic rings. The van der Waals surface area contributed by atoms with E-state index in [4.69, 9.17) is 0 Å². The van der Waals surface area contributed by atoms with E-state index in [9.17, 15) is 4.39 Å². The van der Waals surface area contributed by atoms with E-state index in [1.807, 2.05) is 0 Å². The third-order valence-electron chi connectivity index (χ3n) is 11.7. The molecule has 4 fully saturated rings. The maximum Gasteiger partial charge on any atom is 0.134 e. The van der Waals surface area contributed by atoms with Crippen LogP contribution in [0.15, 0.2) is 0 Å². The summed E-state index contributed by atoms with van der Waals surface area (Å²) in [6.45, 7) is 4.48. The minimum Gasteiger partial charge on any atom is -0.247 e. The molecule has 0 bridgehead atoms. The van der Waals surface area contributed by atoms with Gasteiger partial charge in [0.2, 0.25) is 0 Å². The molecule has 4 rings (SSSR count). The monoisotopic (exact) mass is 510 g/mol. The average Bonchev–Trinajstić information content (AvgIpc) is 2.91. The highest BCUT2D eigenvalue weighted by Crippen LogP contribution is 2.47. The van der Waals surface area contributed by atoms with Crippen LogP contribution in [0, 0.1) is 47.3 Å². The second kappa shape index (κ2) is 14.3. The zero-order valence-electron chi connectivity index (χ0n) is 23.6. The van der Waals surface area contributed by atoms with Gasteiger partial charge in [-0.3, -0.25) is 0 Å². The second-order valence-corrected chi connectivity index (χ2v) is 13.8. The van der Waals surface area contributed by atoms with Gasteiger partial charge < -0.3 is 0 Å². The van der Waals surface area contributed by atoms with Crippen LogP contribution in [0.3, 0.4) is 0 Å². The molecule has 4 aliphatic carbocycles. The van der Waals surface area contributed by atoms with Crippen LogP contribution in [0.5, 0.6) is 0 Å². The molecule has 7 unspecified atom stereocenters. The zero-order chi connectivity index (χ0) is 25.5. The molecule has 0 N–H and O–H groups in total. The van der Waals surface area contributed by atoms with Crippen molar-refractivity contribution in [3.8, 4) is 0 Å².